The molecule has 23 heavy (non-hydrogen) atoms. The van der Waals surface area contributed by atoms with Gasteiger partial charge in [0, 0.05) is 19.6 Å². The second-order valence-electron chi connectivity index (χ2n) is 5.71. The Balaban J connectivity index is 1.71. The van der Waals surface area contributed by atoms with Crippen molar-refractivity contribution in [2.24, 2.45) is 0 Å². The Hall–Kier alpha value is -2.05. The minimum Gasteiger partial charge on any atom is -0.469 e. The molecule has 2 aromatic rings. The highest BCUT2D eigenvalue weighted by Gasteiger charge is 2.26. The molecule has 1 aliphatic heterocycles. The molecule has 6 heteroatoms. The number of nitrogens with one attached hydrogen (secondary N) is 1. The first kappa shape index (κ1) is 15.8. The van der Waals surface area contributed by atoms with Gasteiger partial charge in [0.05, 0.1) is 31.1 Å². The normalized spacial score (nSPS) is 17.1. The van der Waals surface area contributed by atoms with Gasteiger partial charge >= 0.3 is 0 Å². The van der Waals surface area contributed by atoms with Crippen molar-refractivity contribution in [3.63, 3.8) is 0 Å². The fourth-order valence-electron chi connectivity index (χ4n) is 2.84. The SMILES string of the molecule is Cc1ccc([C@@H](CNC(=O)c2ccoc2C)N2CCOCC2)o1. The van der Waals surface area contributed by atoms with Crippen molar-refractivity contribution in [3.8, 4) is 0 Å². The lowest BCUT2D eigenvalue weighted by Gasteiger charge is -2.33. The third kappa shape index (κ3) is 3.65. The number of ether oxygens (including phenoxy) is 1. The van der Waals surface area contributed by atoms with Crippen LogP contribution in [0, 0.1) is 13.8 Å². The summed E-state index contributed by atoms with van der Waals surface area (Å²) in [6.45, 7) is 7.24. The van der Waals surface area contributed by atoms with Crippen molar-refractivity contribution in [1.29, 1.82) is 0 Å². The van der Waals surface area contributed by atoms with E-state index in [0.29, 0.717) is 31.1 Å². The number of amides is 1. The number of aryl methyl sites for hydroxylation is 2. The Labute approximate surface area is 135 Å². The zero-order chi connectivity index (χ0) is 16.2. The third-order valence-corrected chi connectivity index (χ3v) is 4.14. The maximum absolute atomic E-state index is 12.3. The van der Waals surface area contributed by atoms with Gasteiger partial charge in [-0.15, -0.1) is 0 Å². The van der Waals surface area contributed by atoms with Crippen LogP contribution in [0.3, 0.4) is 0 Å². The molecule has 0 bridgehead atoms. The van der Waals surface area contributed by atoms with Gasteiger partial charge in [0.2, 0.25) is 0 Å². The van der Waals surface area contributed by atoms with Crippen LogP contribution in [-0.4, -0.2) is 43.7 Å². The van der Waals surface area contributed by atoms with Gasteiger partial charge in [-0.1, -0.05) is 0 Å². The van der Waals surface area contributed by atoms with Crippen LogP contribution in [-0.2, 0) is 4.74 Å². The van der Waals surface area contributed by atoms with E-state index in [-0.39, 0.29) is 11.9 Å². The lowest BCUT2D eigenvalue weighted by molar-refractivity contribution is 0.0117. The summed E-state index contributed by atoms with van der Waals surface area (Å²) in [5.74, 6) is 2.24. The van der Waals surface area contributed by atoms with E-state index in [9.17, 15) is 4.79 Å². The summed E-state index contributed by atoms with van der Waals surface area (Å²) in [5.41, 5.74) is 0.571. The van der Waals surface area contributed by atoms with E-state index < -0.39 is 0 Å². The molecule has 0 aliphatic carbocycles. The van der Waals surface area contributed by atoms with Crippen molar-refractivity contribution < 1.29 is 18.4 Å². The van der Waals surface area contributed by atoms with Crippen LogP contribution >= 0.6 is 0 Å². The zero-order valence-electron chi connectivity index (χ0n) is 13.5. The standard InChI is InChI=1S/C17H22N2O4/c1-12-3-4-16(23-12)15(19-6-9-21-10-7-19)11-18-17(20)14-5-8-22-13(14)2/h3-5,8,15H,6-7,9-11H2,1-2H3,(H,18,20)/t15-/m1/s1. The predicted molar refractivity (Wildman–Crippen MR) is 84.4 cm³/mol. The maximum Gasteiger partial charge on any atom is 0.254 e. The van der Waals surface area contributed by atoms with E-state index in [0.717, 1.165) is 24.6 Å². The van der Waals surface area contributed by atoms with Gasteiger partial charge in [0.15, 0.2) is 0 Å². The van der Waals surface area contributed by atoms with Crippen molar-refractivity contribution in [3.05, 3.63) is 47.3 Å². The quantitative estimate of drug-likeness (QED) is 0.916. The molecule has 1 fully saturated rings. The van der Waals surface area contributed by atoms with E-state index in [4.69, 9.17) is 13.6 Å². The minimum absolute atomic E-state index is 0.00348. The van der Waals surface area contributed by atoms with Gasteiger partial charge in [-0.05, 0) is 32.0 Å². The molecule has 1 saturated heterocycles. The van der Waals surface area contributed by atoms with Gasteiger partial charge in [0.1, 0.15) is 17.3 Å². The molecule has 124 valence electrons. The molecule has 0 spiro atoms. The number of morpholine rings is 1. The van der Waals surface area contributed by atoms with Crippen molar-refractivity contribution >= 4 is 5.91 Å². The second-order valence-corrected chi connectivity index (χ2v) is 5.71. The summed E-state index contributed by atoms with van der Waals surface area (Å²) in [4.78, 5) is 14.6. The maximum atomic E-state index is 12.3. The van der Waals surface area contributed by atoms with E-state index in [1.54, 1.807) is 13.0 Å². The number of carbonyl (C=O) groups is 1. The number of hydrogen-bond donors (Lipinski definition) is 1. The number of nitrogens with zero attached hydrogens (tertiary/aromatic N) is 1. The topological polar surface area (TPSA) is 67.9 Å². The monoisotopic (exact) mass is 318 g/mol. The summed E-state index contributed by atoms with van der Waals surface area (Å²) in [6, 6.07) is 5.62. The van der Waals surface area contributed by atoms with Gasteiger partial charge in [0.25, 0.3) is 5.91 Å². The van der Waals surface area contributed by atoms with E-state index in [1.807, 2.05) is 19.1 Å². The molecule has 1 aliphatic rings. The molecule has 3 heterocycles. The number of hydrogen-bond acceptors (Lipinski definition) is 5. The van der Waals surface area contributed by atoms with E-state index >= 15 is 0 Å². The summed E-state index contributed by atoms with van der Waals surface area (Å²) < 4.78 is 16.4. The lowest BCUT2D eigenvalue weighted by atomic mass is 10.1. The zero-order valence-corrected chi connectivity index (χ0v) is 13.5. The van der Waals surface area contributed by atoms with Gasteiger partial charge in [-0.2, -0.15) is 0 Å². The number of carbonyl (C=O) groups excluding carboxylic acids is 1. The van der Waals surface area contributed by atoms with Gasteiger partial charge in [-0.3, -0.25) is 9.69 Å². The van der Waals surface area contributed by atoms with Gasteiger partial charge in [-0.25, -0.2) is 0 Å². The Bertz CT molecular complexity index is 655. The first-order valence-corrected chi connectivity index (χ1v) is 7.85. The number of rotatable bonds is 5. The molecule has 6 nitrogen and oxygen atoms in total. The molecule has 0 radical (unpaired) electrons. The van der Waals surface area contributed by atoms with Crippen molar-refractivity contribution in [1.82, 2.24) is 10.2 Å². The average molecular weight is 318 g/mol. The minimum atomic E-state index is -0.127. The molecule has 3 rings (SSSR count). The van der Waals surface area contributed by atoms with E-state index in [1.165, 1.54) is 6.26 Å². The Morgan fingerprint density at radius 2 is 2.04 bits per heavy atom. The molecular weight excluding hydrogens is 296 g/mol. The molecule has 2 aromatic heterocycles. The fourth-order valence-corrected chi connectivity index (χ4v) is 2.84. The molecular formula is C17H22N2O4. The molecule has 1 N–H and O–H groups in total. The first-order chi connectivity index (χ1) is 11.1. The highest BCUT2D eigenvalue weighted by atomic mass is 16.5. The Morgan fingerprint density at radius 1 is 1.26 bits per heavy atom. The van der Waals surface area contributed by atoms with Crippen LogP contribution in [0.1, 0.15) is 33.7 Å². The molecule has 1 amide bonds. The highest BCUT2D eigenvalue weighted by molar-refractivity contribution is 5.95. The van der Waals surface area contributed by atoms with Crippen LogP contribution in [0.4, 0.5) is 0 Å². The fraction of sp³-hybridized carbons (Fsp3) is 0.471. The predicted octanol–water partition coefficient (Wildman–Crippen LogP) is 2.29. The summed E-state index contributed by atoms with van der Waals surface area (Å²) in [6.07, 6.45) is 1.53. The largest absolute Gasteiger partial charge is 0.469 e. The second kappa shape index (κ2) is 7.02. The van der Waals surface area contributed by atoms with Crippen LogP contribution in [0.25, 0.3) is 0 Å². The Kier molecular flexibility index (Phi) is 4.83. The Morgan fingerprint density at radius 3 is 2.65 bits per heavy atom. The van der Waals surface area contributed by atoms with Crippen molar-refractivity contribution in [2.45, 2.75) is 19.9 Å². The molecule has 1 atom stereocenters. The van der Waals surface area contributed by atoms with Crippen LogP contribution in [0.15, 0.2) is 33.3 Å². The smallest absolute Gasteiger partial charge is 0.254 e. The van der Waals surface area contributed by atoms with Crippen LogP contribution < -0.4 is 5.32 Å². The lowest BCUT2D eigenvalue weighted by Crippen LogP contribution is -2.43. The highest BCUT2D eigenvalue weighted by Crippen LogP contribution is 2.23. The van der Waals surface area contributed by atoms with Crippen LogP contribution in [0.2, 0.25) is 0 Å². The summed E-state index contributed by atoms with van der Waals surface area (Å²) >= 11 is 0. The molecule has 0 saturated carbocycles. The third-order valence-electron chi connectivity index (χ3n) is 4.14. The average Bonchev–Trinajstić information content (AvgIpc) is 3.17. The summed E-state index contributed by atoms with van der Waals surface area (Å²) in [5, 5.41) is 2.99. The molecule has 0 aromatic carbocycles. The van der Waals surface area contributed by atoms with Gasteiger partial charge < -0.3 is 18.9 Å². The molecule has 0 unspecified atom stereocenters. The number of furan rings is 2. The first-order valence-electron chi connectivity index (χ1n) is 7.85. The van der Waals surface area contributed by atoms with E-state index in [2.05, 4.69) is 10.2 Å². The summed E-state index contributed by atoms with van der Waals surface area (Å²) in [7, 11) is 0. The van der Waals surface area contributed by atoms with Crippen molar-refractivity contribution in [2.75, 3.05) is 32.8 Å². The van der Waals surface area contributed by atoms with Crippen LogP contribution in [0.5, 0.6) is 0 Å².